The third-order valence-electron chi connectivity index (χ3n) is 4.10. The van der Waals surface area contributed by atoms with E-state index >= 15 is 0 Å². The molecule has 0 spiro atoms. The molecule has 0 aliphatic rings. The monoisotopic (exact) mass is 347 g/mol. The third-order valence-corrected chi connectivity index (χ3v) is 4.74. The lowest BCUT2D eigenvalue weighted by Gasteiger charge is -2.29. The molecule has 3 unspecified atom stereocenters. The smallest absolute Gasteiger partial charge is 0.326 e. The minimum absolute atomic E-state index is 0.121. The summed E-state index contributed by atoms with van der Waals surface area (Å²) in [6.07, 6.45) is 6.37. The van der Waals surface area contributed by atoms with Crippen molar-refractivity contribution < 1.29 is 14.7 Å². The van der Waals surface area contributed by atoms with Crippen molar-refractivity contribution in [3.63, 3.8) is 0 Å². The average Bonchev–Trinajstić information content (AvgIpc) is 2.52. The molecule has 3 atom stereocenters. The van der Waals surface area contributed by atoms with Crippen LogP contribution in [-0.4, -0.2) is 52.6 Å². The molecule has 0 radical (unpaired) electrons. The van der Waals surface area contributed by atoms with Crippen molar-refractivity contribution in [3.05, 3.63) is 0 Å². The quantitative estimate of drug-likeness (QED) is 0.268. The standard InChI is InChI=1S/C16H33N3O3S/c1-5-7-8-10-19(17)13(9-11-23-4)15(20)18-14(16(21)22)12(3)6-2/h12-14H,5-11,17H2,1-4H3,(H,18,20)(H,21,22). The third kappa shape index (κ3) is 8.58. The highest BCUT2D eigenvalue weighted by Crippen LogP contribution is 2.12. The van der Waals surface area contributed by atoms with Gasteiger partial charge in [0.25, 0.3) is 0 Å². The van der Waals surface area contributed by atoms with Gasteiger partial charge >= 0.3 is 5.97 Å². The van der Waals surface area contributed by atoms with Gasteiger partial charge < -0.3 is 10.4 Å². The lowest BCUT2D eigenvalue weighted by Crippen LogP contribution is -2.55. The van der Waals surface area contributed by atoms with Crippen molar-refractivity contribution in [1.82, 2.24) is 10.3 Å². The fourth-order valence-electron chi connectivity index (χ4n) is 2.31. The van der Waals surface area contributed by atoms with Crippen LogP contribution in [-0.2, 0) is 9.59 Å². The van der Waals surface area contributed by atoms with Gasteiger partial charge in [-0.15, -0.1) is 0 Å². The number of hydrogen-bond acceptors (Lipinski definition) is 5. The Balaban J connectivity index is 4.85. The van der Waals surface area contributed by atoms with Crippen LogP contribution in [0.1, 0.15) is 52.9 Å². The van der Waals surface area contributed by atoms with Crippen LogP contribution < -0.4 is 11.2 Å². The molecule has 0 bridgehead atoms. The Hall–Kier alpha value is -0.790. The molecule has 0 aromatic rings. The van der Waals surface area contributed by atoms with Crippen molar-refractivity contribution in [3.8, 4) is 0 Å². The Morgan fingerprint density at radius 1 is 1.30 bits per heavy atom. The molecule has 0 aliphatic heterocycles. The summed E-state index contributed by atoms with van der Waals surface area (Å²) in [5.41, 5.74) is 0. The predicted octanol–water partition coefficient (Wildman–Crippen LogP) is 2.09. The average molecular weight is 348 g/mol. The summed E-state index contributed by atoms with van der Waals surface area (Å²) in [5.74, 6) is 5.48. The minimum atomic E-state index is -0.995. The second-order valence-corrected chi connectivity index (χ2v) is 6.94. The zero-order chi connectivity index (χ0) is 17.8. The summed E-state index contributed by atoms with van der Waals surface area (Å²) in [6.45, 7) is 6.50. The first-order valence-electron chi connectivity index (χ1n) is 8.42. The number of nitrogens with one attached hydrogen (secondary N) is 1. The number of nitrogens with two attached hydrogens (primary N) is 1. The summed E-state index contributed by atoms with van der Waals surface area (Å²) >= 11 is 1.65. The zero-order valence-electron chi connectivity index (χ0n) is 14.9. The van der Waals surface area contributed by atoms with Crippen LogP contribution in [0.15, 0.2) is 0 Å². The summed E-state index contributed by atoms with van der Waals surface area (Å²) in [5, 5.41) is 13.6. The van der Waals surface area contributed by atoms with E-state index in [0.29, 0.717) is 19.4 Å². The molecule has 6 nitrogen and oxygen atoms in total. The Kier molecular flexibility index (Phi) is 12.2. The van der Waals surface area contributed by atoms with E-state index in [9.17, 15) is 14.7 Å². The molecule has 23 heavy (non-hydrogen) atoms. The maximum absolute atomic E-state index is 12.6. The maximum atomic E-state index is 12.6. The minimum Gasteiger partial charge on any atom is -0.480 e. The summed E-state index contributed by atoms with van der Waals surface area (Å²) in [4.78, 5) is 23.9. The molecule has 0 aliphatic carbocycles. The van der Waals surface area contributed by atoms with E-state index in [4.69, 9.17) is 5.84 Å². The second-order valence-electron chi connectivity index (χ2n) is 5.95. The van der Waals surface area contributed by atoms with Gasteiger partial charge in [-0.2, -0.15) is 11.8 Å². The van der Waals surface area contributed by atoms with Crippen LogP contribution in [0.4, 0.5) is 0 Å². The largest absolute Gasteiger partial charge is 0.480 e. The Morgan fingerprint density at radius 2 is 1.96 bits per heavy atom. The SMILES string of the molecule is CCCCCN(N)C(CCSC)C(=O)NC(C(=O)O)C(C)CC. The summed E-state index contributed by atoms with van der Waals surface area (Å²) < 4.78 is 0. The Bertz CT molecular complexity index is 355. The first-order valence-corrected chi connectivity index (χ1v) is 9.81. The zero-order valence-corrected chi connectivity index (χ0v) is 15.7. The van der Waals surface area contributed by atoms with E-state index in [1.807, 2.05) is 20.1 Å². The van der Waals surface area contributed by atoms with Gasteiger partial charge in [-0.1, -0.05) is 40.0 Å². The predicted molar refractivity (Wildman–Crippen MR) is 96.2 cm³/mol. The molecule has 0 heterocycles. The summed E-state index contributed by atoms with van der Waals surface area (Å²) in [7, 11) is 0. The lowest BCUT2D eigenvalue weighted by molar-refractivity contribution is -0.144. The number of hydrogen-bond donors (Lipinski definition) is 3. The Labute approximate surface area is 144 Å². The first-order chi connectivity index (χ1) is 10.9. The van der Waals surface area contributed by atoms with E-state index in [1.54, 1.807) is 16.8 Å². The number of unbranched alkanes of at least 4 members (excludes halogenated alkanes) is 2. The topological polar surface area (TPSA) is 95.7 Å². The van der Waals surface area contributed by atoms with Gasteiger partial charge in [0.15, 0.2) is 0 Å². The highest BCUT2D eigenvalue weighted by atomic mass is 32.2. The van der Waals surface area contributed by atoms with Crippen molar-refractivity contribution >= 4 is 23.6 Å². The number of hydrazine groups is 1. The summed E-state index contributed by atoms with van der Waals surface area (Å²) in [6, 6.07) is -1.35. The van der Waals surface area contributed by atoms with Crippen molar-refractivity contribution in [2.75, 3.05) is 18.6 Å². The van der Waals surface area contributed by atoms with Crippen molar-refractivity contribution in [2.45, 2.75) is 65.0 Å². The number of carboxylic acids is 1. The van der Waals surface area contributed by atoms with Gasteiger partial charge in [-0.3, -0.25) is 10.6 Å². The van der Waals surface area contributed by atoms with Crippen LogP contribution in [0.2, 0.25) is 0 Å². The molecule has 1 amide bonds. The molecule has 0 aromatic heterocycles. The fourth-order valence-corrected chi connectivity index (χ4v) is 2.77. The number of carbonyl (C=O) groups is 2. The van der Waals surface area contributed by atoms with Crippen molar-refractivity contribution in [1.29, 1.82) is 0 Å². The first kappa shape index (κ1) is 22.2. The highest BCUT2D eigenvalue weighted by molar-refractivity contribution is 7.98. The number of thioether (sulfide) groups is 1. The van der Waals surface area contributed by atoms with Gasteiger partial charge in [-0.05, 0) is 30.8 Å². The number of rotatable bonds is 13. The van der Waals surface area contributed by atoms with Gasteiger partial charge in [0, 0.05) is 6.54 Å². The second kappa shape index (κ2) is 12.6. The number of carboxylic acid groups (broad SMARTS) is 1. The van der Waals surface area contributed by atoms with Gasteiger partial charge in [0.1, 0.15) is 12.1 Å². The van der Waals surface area contributed by atoms with E-state index in [-0.39, 0.29) is 11.8 Å². The molecule has 0 saturated heterocycles. The van der Waals surface area contributed by atoms with E-state index in [2.05, 4.69) is 12.2 Å². The number of nitrogens with zero attached hydrogens (tertiary/aromatic N) is 1. The molecule has 136 valence electrons. The molecule has 4 N–H and O–H groups in total. The maximum Gasteiger partial charge on any atom is 0.326 e. The molecule has 7 heteroatoms. The number of amides is 1. The van der Waals surface area contributed by atoms with Crippen molar-refractivity contribution in [2.24, 2.45) is 11.8 Å². The molecule has 0 aromatic carbocycles. The number of aliphatic carboxylic acids is 1. The highest BCUT2D eigenvalue weighted by Gasteiger charge is 2.30. The molecular formula is C16H33N3O3S. The fraction of sp³-hybridized carbons (Fsp3) is 0.875. The van der Waals surface area contributed by atoms with Gasteiger partial charge in [0.05, 0.1) is 0 Å². The van der Waals surface area contributed by atoms with Crippen LogP contribution in [0.3, 0.4) is 0 Å². The Morgan fingerprint density at radius 3 is 2.43 bits per heavy atom. The van der Waals surface area contributed by atoms with Crippen LogP contribution in [0.25, 0.3) is 0 Å². The molecule has 0 saturated carbocycles. The van der Waals surface area contributed by atoms with Gasteiger partial charge in [-0.25, -0.2) is 9.80 Å². The molecule has 0 rings (SSSR count). The number of carbonyl (C=O) groups excluding carboxylic acids is 1. The van der Waals surface area contributed by atoms with Crippen LogP contribution >= 0.6 is 11.8 Å². The van der Waals surface area contributed by atoms with E-state index < -0.39 is 18.1 Å². The van der Waals surface area contributed by atoms with Gasteiger partial charge in [0.2, 0.25) is 5.91 Å². The van der Waals surface area contributed by atoms with Crippen LogP contribution in [0.5, 0.6) is 0 Å². The lowest BCUT2D eigenvalue weighted by atomic mass is 9.98. The van der Waals surface area contributed by atoms with E-state index in [1.165, 1.54) is 0 Å². The molecule has 0 fully saturated rings. The normalized spacial score (nSPS) is 15.2. The molecular weight excluding hydrogens is 314 g/mol. The van der Waals surface area contributed by atoms with E-state index in [0.717, 1.165) is 25.0 Å². The van der Waals surface area contributed by atoms with Crippen LogP contribution in [0, 0.1) is 5.92 Å².